The number of aryl methyl sites for hydroxylation is 1. The molecule has 2 fully saturated rings. The number of benzene rings is 2. The number of carbonyl (C=O) groups excluding carboxylic acids is 4. The Balaban J connectivity index is 1.42. The van der Waals surface area contributed by atoms with Crippen LogP contribution in [0.1, 0.15) is 58.6 Å². The second-order valence-electron chi connectivity index (χ2n) is 10.6. The summed E-state index contributed by atoms with van der Waals surface area (Å²) in [5.41, 5.74) is 6.14. The molecule has 220 valence electrons. The van der Waals surface area contributed by atoms with Crippen LogP contribution in [-0.4, -0.2) is 71.6 Å². The monoisotopic (exact) mass is 576 g/mol. The Kier molecular flexibility index (Phi) is 8.51. The van der Waals surface area contributed by atoms with E-state index in [0.29, 0.717) is 50.0 Å². The number of furan rings is 1. The standard InChI is InChI=1S/C30H33FN6O5/c1-18-14-21-15-22(16-23(31)26(21)42-18)33-30(35-28(40)20-9-7-19(8-10-20)27(32)39)34-24-6-2-3-13-37(29(24)41)17-25(38)36-11-4-5-12-36/h7-10,14-16,24H,2-6,11-13,17H2,1H3,(H2,32,39)(H2,33,34,35,40). The summed E-state index contributed by atoms with van der Waals surface area (Å²) in [5, 5.41) is 6.15. The third-order valence-electron chi connectivity index (χ3n) is 7.44. The molecule has 1 atom stereocenters. The molecule has 0 radical (unpaired) electrons. The molecule has 2 aliphatic rings. The fourth-order valence-corrected chi connectivity index (χ4v) is 5.26. The topological polar surface area (TPSA) is 150 Å². The predicted molar refractivity (Wildman–Crippen MR) is 154 cm³/mol. The van der Waals surface area contributed by atoms with Crippen LogP contribution in [-0.2, 0) is 9.59 Å². The van der Waals surface area contributed by atoms with Crippen molar-refractivity contribution >= 4 is 46.2 Å². The van der Waals surface area contributed by atoms with Gasteiger partial charge in [0.25, 0.3) is 5.91 Å². The molecule has 0 saturated carbocycles. The maximum Gasteiger partial charge on any atom is 0.257 e. The number of rotatable bonds is 6. The highest BCUT2D eigenvalue weighted by molar-refractivity contribution is 6.11. The second kappa shape index (κ2) is 12.4. The van der Waals surface area contributed by atoms with Crippen LogP contribution in [0.25, 0.3) is 11.0 Å². The predicted octanol–water partition coefficient (Wildman–Crippen LogP) is 3.18. The van der Waals surface area contributed by atoms with Crippen molar-refractivity contribution < 1.29 is 28.0 Å². The molecule has 11 nitrogen and oxygen atoms in total. The fraction of sp³-hybridized carbons (Fsp3) is 0.367. The first kappa shape index (κ1) is 28.8. The van der Waals surface area contributed by atoms with Gasteiger partial charge in [0, 0.05) is 47.9 Å². The normalized spacial score (nSPS) is 17.8. The van der Waals surface area contributed by atoms with Crippen LogP contribution in [0.15, 0.2) is 51.9 Å². The van der Waals surface area contributed by atoms with Crippen molar-refractivity contribution in [1.29, 1.82) is 0 Å². The van der Waals surface area contributed by atoms with Gasteiger partial charge in [0.1, 0.15) is 11.8 Å². The molecule has 0 aliphatic carbocycles. The number of primary amides is 1. The lowest BCUT2D eigenvalue weighted by molar-refractivity contribution is -0.140. The van der Waals surface area contributed by atoms with Crippen LogP contribution in [0.5, 0.6) is 0 Å². The lowest BCUT2D eigenvalue weighted by Crippen LogP contribution is -2.45. The maximum absolute atomic E-state index is 14.8. The Labute approximate surface area is 241 Å². The number of likely N-dealkylation sites (tertiary alicyclic amines) is 2. The minimum Gasteiger partial charge on any atom is -0.458 e. The van der Waals surface area contributed by atoms with Crippen molar-refractivity contribution in [3.05, 3.63) is 65.2 Å². The second-order valence-corrected chi connectivity index (χ2v) is 10.6. The van der Waals surface area contributed by atoms with Crippen LogP contribution in [0.2, 0.25) is 0 Å². The first-order valence-corrected chi connectivity index (χ1v) is 14.0. The van der Waals surface area contributed by atoms with Gasteiger partial charge in [-0.2, -0.15) is 0 Å². The van der Waals surface area contributed by atoms with E-state index in [1.807, 2.05) is 0 Å². The van der Waals surface area contributed by atoms with Gasteiger partial charge in [0.15, 0.2) is 11.4 Å². The number of aliphatic imine (C=N–C) groups is 1. The summed E-state index contributed by atoms with van der Waals surface area (Å²) in [7, 11) is 0. The van der Waals surface area contributed by atoms with Crippen molar-refractivity contribution in [1.82, 2.24) is 15.1 Å². The summed E-state index contributed by atoms with van der Waals surface area (Å²) in [5.74, 6) is -1.73. The van der Waals surface area contributed by atoms with Crippen molar-refractivity contribution in [3.8, 4) is 0 Å². The maximum atomic E-state index is 14.8. The van der Waals surface area contributed by atoms with E-state index in [-0.39, 0.29) is 46.7 Å². The summed E-state index contributed by atoms with van der Waals surface area (Å²) in [6.07, 6.45) is 3.73. The number of nitrogens with zero attached hydrogens (tertiary/aromatic N) is 3. The number of nitrogens with one attached hydrogen (secondary N) is 2. The van der Waals surface area contributed by atoms with Crippen LogP contribution in [0.4, 0.5) is 10.1 Å². The molecule has 0 bridgehead atoms. The molecule has 1 unspecified atom stereocenters. The Morgan fingerprint density at radius 3 is 2.43 bits per heavy atom. The van der Waals surface area contributed by atoms with Crippen molar-refractivity contribution in [2.75, 3.05) is 31.5 Å². The number of amides is 4. The number of hydrogen-bond acceptors (Lipinski definition) is 6. The number of nitrogens with two attached hydrogens (primary N) is 1. The average molecular weight is 577 g/mol. The van der Waals surface area contributed by atoms with Gasteiger partial charge in [0.05, 0.1) is 6.54 Å². The van der Waals surface area contributed by atoms with Gasteiger partial charge in [-0.3, -0.25) is 24.5 Å². The van der Waals surface area contributed by atoms with E-state index in [1.165, 1.54) is 35.2 Å². The van der Waals surface area contributed by atoms with E-state index in [4.69, 9.17) is 10.2 Å². The SMILES string of the molecule is Cc1cc2cc(NC(=NC3CCCCN(CC(=O)N4CCCC4)C3=O)NC(=O)c3ccc(C(N)=O)cc3)cc(F)c2o1. The largest absolute Gasteiger partial charge is 0.458 e. The molecule has 4 N–H and O–H groups in total. The number of hydrogen-bond donors (Lipinski definition) is 3. The molecule has 3 aromatic rings. The fourth-order valence-electron chi connectivity index (χ4n) is 5.26. The number of carbonyl (C=O) groups is 4. The van der Waals surface area contributed by atoms with Gasteiger partial charge in [0.2, 0.25) is 23.7 Å². The van der Waals surface area contributed by atoms with E-state index in [9.17, 15) is 23.6 Å². The number of anilines is 1. The van der Waals surface area contributed by atoms with E-state index in [1.54, 1.807) is 24.0 Å². The lowest BCUT2D eigenvalue weighted by Gasteiger charge is -2.25. The van der Waals surface area contributed by atoms with E-state index < -0.39 is 23.7 Å². The Morgan fingerprint density at radius 2 is 1.71 bits per heavy atom. The zero-order valence-electron chi connectivity index (χ0n) is 23.3. The van der Waals surface area contributed by atoms with Crippen molar-refractivity contribution in [2.45, 2.75) is 45.1 Å². The summed E-state index contributed by atoms with van der Waals surface area (Å²) in [6.45, 7) is 3.52. The number of guanidine groups is 1. The number of halogens is 1. The van der Waals surface area contributed by atoms with Gasteiger partial charge in [-0.1, -0.05) is 0 Å². The molecule has 1 aromatic heterocycles. The lowest BCUT2D eigenvalue weighted by atomic mass is 10.1. The Bertz CT molecular complexity index is 1540. The summed E-state index contributed by atoms with van der Waals surface area (Å²) >= 11 is 0. The first-order chi connectivity index (χ1) is 20.2. The zero-order valence-corrected chi connectivity index (χ0v) is 23.3. The minimum absolute atomic E-state index is 0.0199. The molecule has 2 aromatic carbocycles. The van der Waals surface area contributed by atoms with Crippen LogP contribution >= 0.6 is 0 Å². The third kappa shape index (κ3) is 6.59. The van der Waals surface area contributed by atoms with Crippen LogP contribution in [0, 0.1) is 12.7 Å². The summed E-state index contributed by atoms with van der Waals surface area (Å²) in [6, 6.07) is 9.41. The van der Waals surface area contributed by atoms with E-state index in [0.717, 1.165) is 12.8 Å². The molecule has 2 saturated heterocycles. The quantitative estimate of drug-likeness (QED) is 0.303. The molecule has 0 spiro atoms. The third-order valence-corrected chi connectivity index (χ3v) is 7.44. The van der Waals surface area contributed by atoms with Crippen molar-refractivity contribution in [2.24, 2.45) is 10.7 Å². The summed E-state index contributed by atoms with van der Waals surface area (Å²) in [4.78, 5) is 58.9. The van der Waals surface area contributed by atoms with Crippen molar-refractivity contribution in [3.63, 3.8) is 0 Å². The molecule has 42 heavy (non-hydrogen) atoms. The zero-order chi connectivity index (χ0) is 29.8. The molecular formula is C30H33FN6O5. The molecule has 4 amide bonds. The highest BCUT2D eigenvalue weighted by Gasteiger charge is 2.30. The smallest absolute Gasteiger partial charge is 0.257 e. The van der Waals surface area contributed by atoms with Gasteiger partial charge < -0.3 is 25.3 Å². The highest BCUT2D eigenvalue weighted by Crippen LogP contribution is 2.26. The molecule has 2 aliphatic heterocycles. The van der Waals surface area contributed by atoms with E-state index >= 15 is 0 Å². The van der Waals surface area contributed by atoms with Gasteiger partial charge in [-0.25, -0.2) is 9.38 Å². The molecule has 5 rings (SSSR count). The Hall–Kier alpha value is -4.74. The van der Waals surface area contributed by atoms with Crippen LogP contribution < -0.4 is 16.4 Å². The molecular weight excluding hydrogens is 543 g/mol. The van der Waals surface area contributed by atoms with Gasteiger partial charge >= 0.3 is 0 Å². The van der Waals surface area contributed by atoms with E-state index in [2.05, 4.69) is 15.6 Å². The van der Waals surface area contributed by atoms with Gasteiger partial charge in [-0.05, 0) is 75.4 Å². The molecule has 12 heteroatoms. The number of fused-ring (bicyclic) bond motifs is 1. The average Bonchev–Trinajstić information content (AvgIpc) is 3.60. The minimum atomic E-state index is -0.872. The molecule has 3 heterocycles. The first-order valence-electron chi connectivity index (χ1n) is 14.0. The van der Waals surface area contributed by atoms with Crippen LogP contribution in [0.3, 0.4) is 0 Å². The highest BCUT2D eigenvalue weighted by atomic mass is 19.1. The summed E-state index contributed by atoms with van der Waals surface area (Å²) < 4.78 is 20.2. The Morgan fingerprint density at radius 1 is 1.02 bits per heavy atom. The van der Waals surface area contributed by atoms with Gasteiger partial charge in [-0.15, -0.1) is 0 Å².